The second kappa shape index (κ2) is 4.34. The number of nitrogens with zero attached hydrogens (tertiary/aromatic N) is 1. The van der Waals surface area contributed by atoms with Gasteiger partial charge < -0.3 is 0 Å². The van der Waals surface area contributed by atoms with Crippen LogP contribution in [0.25, 0.3) is 0 Å². The Labute approximate surface area is 112 Å². The van der Waals surface area contributed by atoms with Crippen LogP contribution in [0.3, 0.4) is 0 Å². The maximum atomic E-state index is 12.5. The molecule has 1 saturated heterocycles. The van der Waals surface area contributed by atoms with Crippen molar-refractivity contribution in [1.82, 2.24) is 0 Å². The van der Waals surface area contributed by atoms with Crippen LogP contribution >= 0.6 is 0 Å². The van der Waals surface area contributed by atoms with Gasteiger partial charge in [0.1, 0.15) is 0 Å². The summed E-state index contributed by atoms with van der Waals surface area (Å²) >= 11 is 0. The molecule has 1 aromatic rings. The number of anilines is 1. The molecule has 0 bridgehead atoms. The molecule has 0 aromatic heterocycles. The van der Waals surface area contributed by atoms with Gasteiger partial charge in [-0.15, -0.1) is 0 Å². The number of fused-ring (bicyclic) bond motifs is 1. The lowest BCUT2D eigenvalue weighted by Crippen LogP contribution is -2.31. The largest absolute Gasteiger partial charge is 0.274 e. The Kier molecular flexibility index (Phi) is 2.77. The second-order valence-corrected chi connectivity index (χ2v) is 5.50. The van der Waals surface area contributed by atoms with Crippen LogP contribution in [0, 0.1) is 24.7 Å². The molecule has 0 spiro atoms. The first kappa shape index (κ1) is 12.2. The number of rotatable bonds is 1. The van der Waals surface area contributed by atoms with Crippen LogP contribution in [0.1, 0.15) is 18.9 Å². The molecule has 1 heterocycles. The smallest absolute Gasteiger partial charge is 0.238 e. The lowest BCUT2D eigenvalue weighted by Gasteiger charge is -2.22. The Morgan fingerprint density at radius 2 is 1.79 bits per heavy atom. The first-order valence-electron chi connectivity index (χ1n) is 6.70. The predicted octanol–water partition coefficient (Wildman–Crippen LogP) is 2.70. The van der Waals surface area contributed by atoms with E-state index in [-0.39, 0.29) is 29.6 Å². The number of allylic oxidation sites excluding steroid dienone is 2. The summed E-state index contributed by atoms with van der Waals surface area (Å²) in [5, 5.41) is 0. The number of carbonyl (C=O) groups excluding carboxylic acids is 2. The second-order valence-electron chi connectivity index (χ2n) is 5.50. The molecular weight excluding hydrogens is 238 g/mol. The minimum absolute atomic E-state index is 0.0456. The molecule has 1 fully saturated rings. The van der Waals surface area contributed by atoms with Crippen LogP contribution in [0.15, 0.2) is 36.4 Å². The SMILES string of the molecule is Cc1ccc(N2C(=O)[C@H]3[C@H](C)C=CC[C@H]3C2=O)cc1. The molecule has 3 heteroatoms. The highest BCUT2D eigenvalue weighted by Crippen LogP contribution is 2.40. The fourth-order valence-corrected chi connectivity index (χ4v) is 3.10. The number of benzene rings is 1. The van der Waals surface area contributed by atoms with Crippen LogP contribution in [-0.2, 0) is 9.59 Å². The van der Waals surface area contributed by atoms with E-state index in [1.807, 2.05) is 50.3 Å². The predicted molar refractivity (Wildman–Crippen MR) is 73.6 cm³/mol. The van der Waals surface area contributed by atoms with Gasteiger partial charge in [-0.2, -0.15) is 0 Å². The summed E-state index contributed by atoms with van der Waals surface area (Å²) in [6.45, 7) is 4.00. The number of amides is 2. The van der Waals surface area contributed by atoms with E-state index in [0.29, 0.717) is 12.1 Å². The van der Waals surface area contributed by atoms with E-state index in [0.717, 1.165) is 5.56 Å². The maximum Gasteiger partial charge on any atom is 0.238 e. The average molecular weight is 255 g/mol. The van der Waals surface area contributed by atoms with Crippen LogP contribution < -0.4 is 4.90 Å². The molecule has 0 radical (unpaired) electrons. The minimum Gasteiger partial charge on any atom is -0.274 e. The van der Waals surface area contributed by atoms with E-state index in [1.165, 1.54) is 4.90 Å². The average Bonchev–Trinajstić information content (AvgIpc) is 2.65. The van der Waals surface area contributed by atoms with E-state index in [4.69, 9.17) is 0 Å². The molecular formula is C16H17NO2. The molecule has 1 aliphatic carbocycles. The van der Waals surface area contributed by atoms with Crippen molar-refractivity contribution < 1.29 is 9.59 Å². The van der Waals surface area contributed by atoms with Crippen LogP contribution in [0.5, 0.6) is 0 Å². The summed E-state index contributed by atoms with van der Waals surface area (Å²) in [4.78, 5) is 26.3. The standard InChI is InChI=1S/C16H17NO2/c1-10-6-8-12(9-7-10)17-15(18)13-5-3-4-11(2)14(13)16(17)19/h3-4,6-9,11,13-14H,5H2,1-2H3/t11-,13-,14+/m1/s1. The fraction of sp³-hybridized carbons (Fsp3) is 0.375. The monoisotopic (exact) mass is 255 g/mol. The van der Waals surface area contributed by atoms with Gasteiger partial charge in [-0.1, -0.05) is 36.8 Å². The topological polar surface area (TPSA) is 37.4 Å². The number of imide groups is 1. The molecule has 3 atom stereocenters. The van der Waals surface area contributed by atoms with Crippen molar-refractivity contribution in [3.63, 3.8) is 0 Å². The van der Waals surface area contributed by atoms with E-state index in [1.54, 1.807) is 0 Å². The van der Waals surface area contributed by atoms with Crippen molar-refractivity contribution >= 4 is 17.5 Å². The van der Waals surface area contributed by atoms with E-state index < -0.39 is 0 Å². The molecule has 1 aromatic carbocycles. The van der Waals surface area contributed by atoms with Gasteiger partial charge in [0, 0.05) is 0 Å². The molecule has 2 amide bonds. The van der Waals surface area contributed by atoms with E-state index >= 15 is 0 Å². The lowest BCUT2D eigenvalue weighted by atomic mass is 9.78. The van der Waals surface area contributed by atoms with Gasteiger partial charge in [0.15, 0.2) is 0 Å². The first-order chi connectivity index (χ1) is 9.09. The van der Waals surface area contributed by atoms with Gasteiger partial charge in [-0.25, -0.2) is 0 Å². The molecule has 3 rings (SSSR count). The van der Waals surface area contributed by atoms with Crippen LogP contribution in [0.4, 0.5) is 5.69 Å². The zero-order chi connectivity index (χ0) is 13.6. The Balaban J connectivity index is 1.98. The fourth-order valence-electron chi connectivity index (χ4n) is 3.10. The normalized spacial score (nSPS) is 29.8. The lowest BCUT2D eigenvalue weighted by molar-refractivity contribution is -0.122. The molecule has 19 heavy (non-hydrogen) atoms. The molecule has 98 valence electrons. The highest BCUT2D eigenvalue weighted by atomic mass is 16.2. The summed E-state index contributed by atoms with van der Waals surface area (Å²) < 4.78 is 0. The summed E-state index contributed by atoms with van der Waals surface area (Å²) in [7, 11) is 0. The Bertz CT molecular complexity index is 559. The van der Waals surface area contributed by atoms with Gasteiger partial charge in [0.05, 0.1) is 17.5 Å². The number of hydrogen-bond acceptors (Lipinski definition) is 2. The summed E-state index contributed by atoms with van der Waals surface area (Å²) in [5.41, 5.74) is 1.82. The van der Waals surface area contributed by atoms with Crippen molar-refractivity contribution in [2.24, 2.45) is 17.8 Å². The summed E-state index contributed by atoms with van der Waals surface area (Å²) in [6.07, 6.45) is 4.75. The molecule has 0 saturated carbocycles. The highest BCUT2D eigenvalue weighted by molar-refractivity contribution is 6.22. The Morgan fingerprint density at radius 3 is 2.42 bits per heavy atom. The number of aryl methyl sites for hydroxylation is 1. The molecule has 0 unspecified atom stereocenters. The molecule has 2 aliphatic rings. The van der Waals surface area contributed by atoms with Crippen molar-refractivity contribution in [2.45, 2.75) is 20.3 Å². The van der Waals surface area contributed by atoms with Crippen molar-refractivity contribution in [3.8, 4) is 0 Å². The van der Waals surface area contributed by atoms with Crippen LogP contribution in [-0.4, -0.2) is 11.8 Å². The third-order valence-electron chi connectivity index (χ3n) is 4.16. The molecule has 1 aliphatic heterocycles. The van der Waals surface area contributed by atoms with Crippen LogP contribution in [0.2, 0.25) is 0 Å². The quantitative estimate of drug-likeness (QED) is 0.571. The summed E-state index contributed by atoms with van der Waals surface area (Å²) in [6, 6.07) is 7.56. The first-order valence-corrected chi connectivity index (χ1v) is 6.70. The molecule has 0 N–H and O–H groups in total. The molecule has 3 nitrogen and oxygen atoms in total. The number of hydrogen-bond donors (Lipinski definition) is 0. The van der Waals surface area contributed by atoms with Gasteiger partial charge in [0.25, 0.3) is 0 Å². The van der Waals surface area contributed by atoms with Gasteiger partial charge in [-0.3, -0.25) is 14.5 Å². The Morgan fingerprint density at radius 1 is 1.11 bits per heavy atom. The zero-order valence-corrected chi connectivity index (χ0v) is 11.2. The van der Waals surface area contributed by atoms with Crippen molar-refractivity contribution in [3.05, 3.63) is 42.0 Å². The van der Waals surface area contributed by atoms with Crippen molar-refractivity contribution in [1.29, 1.82) is 0 Å². The summed E-state index contributed by atoms with van der Waals surface area (Å²) in [5.74, 6) is -0.302. The Hall–Kier alpha value is -1.90. The zero-order valence-electron chi connectivity index (χ0n) is 11.2. The maximum absolute atomic E-state index is 12.5. The highest BCUT2D eigenvalue weighted by Gasteiger charge is 2.50. The number of carbonyl (C=O) groups is 2. The van der Waals surface area contributed by atoms with E-state index in [2.05, 4.69) is 0 Å². The third-order valence-corrected chi connectivity index (χ3v) is 4.16. The van der Waals surface area contributed by atoms with Gasteiger partial charge >= 0.3 is 0 Å². The van der Waals surface area contributed by atoms with Gasteiger partial charge in [-0.05, 0) is 31.4 Å². The van der Waals surface area contributed by atoms with Gasteiger partial charge in [0.2, 0.25) is 11.8 Å². The van der Waals surface area contributed by atoms with E-state index in [9.17, 15) is 9.59 Å². The van der Waals surface area contributed by atoms with Crippen molar-refractivity contribution in [2.75, 3.05) is 4.90 Å². The third kappa shape index (κ3) is 1.81. The minimum atomic E-state index is -0.182.